The average molecular weight is 337 g/mol. The lowest BCUT2D eigenvalue weighted by Crippen LogP contribution is -2.07. The van der Waals surface area contributed by atoms with E-state index in [2.05, 4.69) is 34.9 Å². The van der Waals surface area contributed by atoms with Crippen molar-refractivity contribution in [1.29, 1.82) is 0 Å². The van der Waals surface area contributed by atoms with Crippen LogP contribution in [-0.4, -0.2) is 22.9 Å². The maximum absolute atomic E-state index is 11.8. The van der Waals surface area contributed by atoms with Crippen molar-refractivity contribution in [3.05, 3.63) is 45.7 Å². The van der Waals surface area contributed by atoms with Crippen LogP contribution in [0.4, 0.5) is 0 Å². The van der Waals surface area contributed by atoms with Crippen LogP contribution in [0.2, 0.25) is 0 Å². The second-order valence-corrected chi connectivity index (χ2v) is 5.69. The SMILES string of the molecule is COC(=O)c1nn(-c2ccccc2C)c(C(C)C)c1Br. The summed E-state index contributed by atoms with van der Waals surface area (Å²) in [5.74, 6) is -0.221. The van der Waals surface area contributed by atoms with E-state index in [4.69, 9.17) is 4.74 Å². The van der Waals surface area contributed by atoms with Crippen LogP contribution in [0.5, 0.6) is 0 Å². The number of carbonyl (C=O) groups is 1. The van der Waals surface area contributed by atoms with Crippen molar-refractivity contribution in [2.45, 2.75) is 26.7 Å². The number of carbonyl (C=O) groups excluding carboxylic acids is 1. The lowest BCUT2D eigenvalue weighted by atomic mass is 10.1. The molecule has 5 heteroatoms. The maximum Gasteiger partial charge on any atom is 0.359 e. The minimum absolute atomic E-state index is 0.217. The highest BCUT2D eigenvalue weighted by molar-refractivity contribution is 9.10. The first-order valence-corrected chi connectivity index (χ1v) is 7.19. The van der Waals surface area contributed by atoms with Crippen LogP contribution in [0.1, 0.15) is 41.5 Å². The Balaban J connectivity index is 2.70. The van der Waals surface area contributed by atoms with Crippen LogP contribution < -0.4 is 0 Å². The van der Waals surface area contributed by atoms with Crippen LogP contribution in [0.25, 0.3) is 5.69 Å². The van der Waals surface area contributed by atoms with Gasteiger partial charge in [-0.3, -0.25) is 0 Å². The Morgan fingerprint density at radius 2 is 2.00 bits per heavy atom. The van der Waals surface area contributed by atoms with E-state index in [-0.39, 0.29) is 5.92 Å². The van der Waals surface area contributed by atoms with Crippen LogP contribution in [0.3, 0.4) is 0 Å². The first kappa shape index (κ1) is 14.8. The number of para-hydroxylation sites is 1. The molecule has 106 valence electrons. The van der Waals surface area contributed by atoms with Crippen LogP contribution in [0.15, 0.2) is 28.7 Å². The summed E-state index contributed by atoms with van der Waals surface area (Å²) >= 11 is 3.48. The van der Waals surface area contributed by atoms with Gasteiger partial charge >= 0.3 is 5.97 Å². The number of esters is 1. The van der Waals surface area contributed by atoms with Crippen LogP contribution >= 0.6 is 15.9 Å². The van der Waals surface area contributed by atoms with Gasteiger partial charge in [0.05, 0.1) is 23.0 Å². The largest absolute Gasteiger partial charge is 0.464 e. The van der Waals surface area contributed by atoms with E-state index < -0.39 is 5.97 Å². The first-order valence-electron chi connectivity index (χ1n) is 6.40. The topological polar surface area (TPSA) is 44.1 Å². The van der Waals surface area contributed by atoms with Crippen LogP contribution in [0, 0.1) is 6.92 Å². The Morgan fingerprint density at radius 3 is 2.55 bits per heavy atom. The standard InChI is InChI=1S/C15H17BrN2O2/c1-9(2)14-12(16)13(15(19)20-4)17-18(14)11-8-6-5-7-10(11)3/h5-9H,1-4H3. The van der Waals surface area contributed by atoms with Gasteiger partial charge in [0.2, 0.25) is 0 Å². The van der Waals surface area contributed by atoms with Gasteiger partial charge in [-0.25, -0.2) is 9.48 Å². The summed E-state index contributed by atoms with van der Waals surface area (Å²) in [5, 5.41) is 4.43. The Labute approximate surface area is 126 Å². The number of halogens is 1. The predicted molar refractivity (Wildman–Crippen MR) is 81.4 cm³/mol. The highest BCUT2D eigenvalue weighted by atomic mass is 79.9. The van der Waals surface area contributed by atoms with E-state index in [1.54, 1.807) is 0 Å². The van der Waals surface area contributed by atoms with Gasteiger partial charge in [0.1, 0.15) is 0 Å². The summed E-state index contributed by atoms with van der Waals surface area (Å²) in [7, 11) is 1.36. The maximum atomic E-state index is 11.8. The van der Waals surface area contributed by atoms with Crippen molar-refractivity contribution in [2.24, 2.45) is 0 Å². The molecule has 0 unspecified atom stereocenters. The summed E-state index contributed by atoms with van der Waals surface area (Å²) in [6.45, 7) is 6.15. The smallest absolute Gasteiger partial charge is 0.359 e. The average Bonchev–Trinajstić information content (AvgIpc) is 2.76. The van der Waals surface area contributed by atoms with Gasteiger partial charge in [-0.15, -0.1) is 0 Å². The Hall–Kier alpha value is -1.62. The van der Waals surface area contributed by atoms with Crippen molar-refractivity contribution in [3.63, 3.8) is 0 Å². The summed E-state index contributed by atoms with van der Waals surface area (Å²) < 4.78 is 7.30. The predicted octanol–water partition coefficient (Wildman–Crippen LogP) is 3.85. The number of nitrogens with zero attached hydrogens (tertiary/aromatic N) is 2. The Morgan fingerprint density at radius 1 is 1.35 bits per heavy atom. The van der Waals surface area contributed by atoms with Gasteiger partial charge in [0.25, 0.3) is 0 Å². The van der Waals surface area contributed by atoms with Crippen molar-refractivity contribution >= 4 is 21.9 Å². The number of hydrogen-bond acceptors (Lipinski definition) is 3. The zero-order valence-corrected chi connectivity index (χ0v) is 13.6. The van der Waals surface area contributed by atoms with Gasteiger partial charge in [-0.1, -0.05) is 32.0 Å². The summed E-state index contributed by atoms with van der Waals surface area (Å²) in [4.78, 5) is 11.8. The van der Waals surface area contributed by atoms with Gasteiger partial charge in [-0.05, 0) is 40.4 Å². The van der Waals surface area contributed by atoms with Crippen molar-refractivity contribution in [3.8, 4) is 5.69 Å². The second kappa shape index (κ2) is 5.79. The normalized spacial score (nSPS) is 10.9. The lowest BCUT2D eigenvalue weighted by molar-refractivity contribution is 0.0592. The molecule has 2 aromatic rings. The van der Waals surface area contributed by atoms with Gasteiger partial charge in [-0.2, -0.15) is 5.10 Å². The molecule has 0 aliphatic rings. The zero-order chi connectivity index (χ0) is 14.9. The molecule has 0 bridgehead atoms. The summed E-state index contributed by atoms with van der Waals surface area (Å²) in [5.41, 5.74) is 3.33. The van der Waals surface area contributed by atoms with Crippen molar-refractivity contribution < 1.29 is 9.53 Å². The molecular formula is C15H17BrN2O2. The molecule has 0 aliphatic heterocycles. The summed E-state index contributed by atoms with van der Waals surface area (Å²) in [6.07, 6.45) is 0. The number of aromatic nitrogens is 2. The molecule has 0 saturated heterocycles. The molecule has 20 heavy (non-hydrogen) atoms. The molecule has 4 nitrogen and oxygen atoms in total. The first-order chi connectivity index (χ1) is 9.47. The van der Waals surface area contributed by atoms with E-state index in [0.717, 1.165) is 16.9 Å². The molecule has 0 radical (unpaired) electrons. The molecule has 0 N–H and O–H groups in total. The molecule has 1 heterocycles. The Bertz CT molecular complexity index is 647. The fraction of sp³-hybridized carbons (Fsp3) is 0.333. The molecule has 0 atom stereocenters. The molecule has 0 fully saturated rings. The molecule has 1 aromatic heterocycles. The van der Waals surface area contributed by atoms with Gasteiger partial charge < -0.3 is 4.74 Å². The van der Waals surface area contributed by atoms with Gasteiger partial charge in [0, 0.05) is 0 Å². The van der Waals surface area contributed by atoms with E-state index in [0.29, 0.717) is 10.2 Å². The fourth-order valence-corrected chi connectivity index (χ4v) is 2.99. The second-order valence-electron chi connectivity index (χ2n) is 4.89. The van der Waals surface area contributed by atoms with Crippen molar-refractivity contribution in [1.82, 2.24) is 9.78 Å². The molecule has 1 aromatic carbocycles. The van der Waals surface area contributed by atoms with E-state index in [1.807, 2.05) is 35.9 Å². The number of methoxy groups -OCH3 is 1. The van der Waals surface area contributed by atoms with Crippen LogP contribution in [-0.2, 0) is 4.74 Å². The molecule has 0 aliphatic carbocycles. The van der Waals surface area contributed by atoms with Gasteiger partial charge in [0.15, 0.2) is 5.69 Å². The highest BCUT2D eigenvalue weighted by Crippen LogP contribution is 2.31. The minimum atomic E-state index is -0.439. The third kappa shape index (κ3) is 2.50. The third-order valence-electron chi connectivity index (χ3n) is 3.13. The van der Waals surface area contributed by atoms with Crippen molar-refractivity contribution in [2.75, 3.05) is 7.11 Å². The minimum Gasteiger partial charge on any atom is -0.464 e. The van der Waals surface area contributed by atoms with E-state index in [9.17, 15) is 4.79 Å². The quantitative estimate of drug-likeness (QED) is 0.799. The zero-order valence-electron chi connectivity index (χ0n) is 12.0. The monoisotopic (exact) mass is 336 g/mol. The molecule has 2 rings (SSSR count). The molecule has 0 saturated carbocycles. The molecule has 0 amide bonds. The Kier molecular flexibility index (Phi) is 4.28. The number of aryl methyl sites for hydroxylation is 1. The highest BCUT2D eigenvalue weighted by Gasteiger charge is 2.24. The number of rotatable bonds is 3. The van der Waals surface area contributed by atoms with E-state index in [1.165, 1.54) is 7.11 Å². The fourth-order valence-electron chi connectivity index (χ4n) is 2.12. The number of benzene rings is 1. The van der Waals surface area contributed by atoms with E-state index >= 15 is 0 Å². The number of hydrogen-bond donors (Lipinski definition) is 0. The molecule has 0 spiro atoms. The summed E-state index contributed by atoms with van der Waals surface area (Å²) in [6, 6.07) is 7.95. The molecular weight excluding hydrogens is 320 g/mol. The third-order valence-corrected chi connectivity index (χ3v) is 3.91. The lowest BCUT2D eigenvalue weighted by Gasteiger charge is -2.12. The number of ether oxygens (including phenoxy) is 1.